The van der Waals surface area contributed by atoms with Gasteiger partial charge in [-0.3, -0.25) is 0 Å². The van der Waals surface area contributed by atoms with E-state index < -0.39 is 0 Å². The molecule has 2 aliphatic rings. The van der Waals surface area contributed by atoms with Gasteiger partial charge in [-0.25, -0.2) is 4.79 Å². The van der Waals surface area contributed by atoms with E-state index in [0.29, 0.717) is 6.54 Å². The molecule has 0 radical (unpaired) electrons. The van der Waals surface area contributed by atoms with E-state index in [1.165, 1.54) is 5.56 Å². The Labute approximate surface area is 125 Å². The fourth-order valence-corrected chi connectivity index (χ4v) is 3.15. The number of amides is 2. The third kappa shape index (κ3) is 2.64. The number of ether oxygens (including phenoxy) is 2. The molecular formula is C16H22N2O3. The molecule has 0 spiro atoms. The van der Waals surface area contributed by atoms with Crippen LogP contribution in [0.1, 0.15) is 24.0 Å². The lowest BCUT2D eigenvalue weighted by atomic mass is 9.99. The monoisotopic (exact) mass is 290 g/mol. The molecule has 5 nitrogen and oxygen atoms in total. The number of likely N-dealkylation sites (tertiary alicyclic amines) is 1. The molecular weight excluding hydrogens is 268 g/mol. The summed E-state index contributed by atoms with van der Waals surface area (Å²) in [6, 6.07) is 4.21. The number of nitrogens with zero attached hydrogens (tertiary/aromatic N) is 2. The van der Waals surface area contributed by atoms with Crippen LogP contribution in [0.4, 0.5) is 4.79 Å². The van der Waals surface area contributed by atoms with E-state index in [4.69, 9.17) is 9.47 Å². The van der Waals surface area contributed by atoms with Crippen molar-refractivity contribution in [3.63, 3.8) is 0 Å². The van der Waals surface area contributed by atoms with Gasteiger partial charge in [0.2, 0.25) is 0 Å². The minimum absolute atomic E-state index is 0.174. The molecule has 1 saturated heterocycles. The highest BCUT2D eigenvalue weighted by atomic mass is 16.5. The van der Waals surface area contributed by atoms with Gasteiger partial charge < -0.3 is 19.3 Å². The number of benzene rings is 1. The molecule has 5 heteroatoms. The summed E-state index contributed by atoms with van der Waals surface area (Å²) in [4.78, 5) is 16.4. The summed E-state index contributed by atoms with van der Waals surface area (Å²) >= 11 is 0. The summed E-state index contributed by atoms with van der Waals surface area (Å²) in [5, 5.41) is 0. The molecule has 21 heavy (non-hydrogen) atoms. The number of hydrogen-bond acceptors (Lipinski definition) is 3. The molecule has 2 aliphatic heterocycles. The minimum Gasteiger partial charge on any atom is -0.493 e. The van der Waals surface area contributed by atoms with Gasteiger partial charge in [0.05, 0.1) is 14.2 Å². The Morgan fingerprint density at radius 3 is 2.19 bits per heavy atom. The van der Waals surface area contributed by atoms with Gasteiger partial charge in [-0.1, -0.05) is 0 Å². The highest BCUT2D eigenvalue weighted by molar-refractivity contribution is 5.75. The van der Waals surface area contributed by atoms with Crippen molar-refractivity contribution in [2.45, 2.75) is 25.8 Å². The molecule has 1 aromatic rings. The van der Waals surface area contributed by atoms with E-state index in [9.17, 15) is 4.79 Å². The molecule has 0 N–H and O–H groups in total. The van der Waals surface area contributed by atoms with Gasteiger partial charge in [-0.05, 0) is 42.5 Å². The maximum Gasteiger partial charge on any atom is 0.320 e. The quantitative estimate of drug-likeness (QED) is 0.839. The van der Waals surface area contributed by atoms with Gasteiger partial charge in [0.25, 0.3) is 0 Å². The van der Waals surface area contributed by atoms with Gasteiger partial charge in [0, 0.05) is 26.2 Å². The maximum atomic E-state index is 12.5. The van der Waals surface area contributed by atoms with E-state index in [0.717, 1.165) is 56.0 Å². The lowest BCUT2D eigenvalue weighted by Crippen LogP contribution is -2.44. The van der Waals surface area contributed by atoms with Crippen LogP contribution in [0.5, 0.6) is 11.5 Å². The van der Waals surface area contributed by atoms with E-state index >= 15 is 0 Å². The normalized spacial score (nSPS) is 17.6. The van der Waals surface area contributed by atoms with Gasteiger partial charge in [0.1, 0.15) is 0 Å². The molecule has 0 bridgehead atoms. The molecule has 1 aromatic carbocycles. The summed E-state index contributed by atoms with van der Waals surface area (Å²) < 4.78 is 10.7. The van der Waals surface area contributed by atoms with E-state index in [1.54, 1.807) is 14.2 Å². The van der Waals surface area contributed by atoms with Crippen molar-refractivity contribution in [1.29, 1.82) is 0 Å². The number of carbonyl (C=O) groups is 1. The third-order valence-corrected chi connectivity index (χ3v) is 4.37. The summed E-state index contributed by atoms with van der Waals surface area (Å²) in [5.41, 5.74) is 2.41. The predicted molar refractivity (Wildman–Crippen MR) is 79.9 cm³/mol. The standard InChI is InChI=1S/C16H22N2O3/c1-20-14-9-12-5-8-18(11-13(12)10-15(14)21-2)16(19)17-6-3-4-7-17/h9-10H,3-8,11H2,1-2H3. The van der Waals surface area contributed by atoms with Crippen molar-refractivity contribution in [2.75, 3.05) is 33.9 Å². The lowest BCUT2D eigenvalue weighted by Gasteiger charge is -2.32. The second-order valence-corrected chi connectivity index (χ2v) is 5.62. The van der Waals surface area contributed by atoms with Crippen LogP contribution in [0.2, 0.25) is 0 Å². The lowest BCUT2D eigenvalue weighted by molar-refractivity contribution is 0.157. The average Bonchev–Trinajstić information content (AvgIpc) is 3.06. The first-order valence-electron chi connectivity index (χ1n) is 7.50. The molecule has 1 fully saturated rings. The van der Waals surface area contributed by atoms with Gasteiger partial charge >= 0.3 is 6.03 Å². The number of fused-ring (bicyclic) bond motifs is 1. The van der Waals surface area contributed by atoms with E-state index in [1.807, 2.05) is 21.9 Å². The zero-order valence-corrected chi connectivity index (χ0v) is 12.7. The van der Waals surface area contributed by atoms with Crippen LogP contribution in [0.3, 0.4) is 0 Å². The summed E-state index contributed by atoms with van der Waals surface area (Å²) in [6.07, 6.45) is 3.12. The average molecular weight is 290 g/mol. The molecule has 2 amide bonds. The van der Waals surface area contributed by atoms with E-state index in [2.05, 4.69) is 0 Å². The van der Waals surface area contributed by atoms with E-state index in [-0.39, 0.29) is 6.03 Å². The Morgan fingerprint density at radius 1 is 0.952 bits per heavy atom. The molecule has 0 unspecified atom stereocenters. The number of urea groups is 1. The molecule has 2 heterocycles. The van der Waals surface area contributed by atoms with Crippen LogP contribution in [0, 0.1) is 0 Å². The molecule has 114 valence electrons. The molecule has 0 aromatic heterocycles. The number of methoxy groups -OCH3 is 2. The van der Waals surface area contributed by atoms with Crippen molar-refractivity contribution in [1.82, 2.24) is 9.80 Å². The summed E-state index contributed by atoms with van der Waals surface area (Å²) in [7, 11) is 3.29. The van der Waals surface area contributed by atoms with Crippen molar-refractivity contribution >= 4 is 6.03 Å². The van der Waals surface area contributed by atoms with Crippen LogP contribution in [0.15, 0.2) is 12.1 Å². The van der Waals surface area contributed by atoms with Crippen molar-refractivity contribution < 1.29 is 14.3 Å². The van der Waals surface area contributed by atoms with Gasteiger partial charge in [-0.2, -0.15) is 0 Å². The molecule has 0 atom stereocenters. The Hall–Kier alpha value is -1.91. The highest BCUT2D eigenvalue weighted by Crippen LogP contribution is 2.33. The first kappa shape index (κ1) is 14.0. The molecule has 0 aliphatic carbocycles. The zero-order chi connectivity index (χ0) is 14.8. The summed E-state index contributed by atoms with van der Waals surface area (Å²) in [5.74, 6) is 1.49. The Kier molecular flexibility index (Phi) is 3.90. The van der Waals surface area contributed by atoms with Crippen molar-refractivity contribution in [2.24, 2.45) is 0 Å². The van der Waals surface area contributed by atoms with Gasteiger partial charge in [-0.15, -0.1) is 0 Å². The smallest absolute Gasteiger partial charge is 0.320 e. The fraction of sp³-hybridized carbons (Fsp3) is 0.562. The predicted octanol–water partition coefficient (Wildman–Crippen LogP) is 2.28. The van der Waals surface area contributed by atoms with Crippen molar-refractivity contribution in [3.8, 4) is 11.5 Å². The van der Waals surface area contributed by atoms with Crippen LogP contribution < -0.4 is 9.47 Å². The number of hydrogen-bond donors (Lipinski definition) is 0. The summed E-state index contributed by atoms with van der Waals surface area (Å²) in [6.45, 7) is 3.23. The highest BCUT2D eigenvalue weighted by Gasteiger charge is 2.27. The second-order valence-electron chi connectivity index (χ2n) is 5.62. The van der Waals surface area contributed by atoms with Crippen LogP contribution in [0.25, 0.3) is 0 Å². The van der Waals surface area contributed by atoms with Crippen molar-refractivity contribution in [3.05, 3.63) is 23.3 Å². The Balaban J connectivity index is 1.79. The SMILES string of the molecule is COc1cc2c(cc1OC)CN(C(=O)N1CCCC1)CC2. The minimum atomic E-state index is 0.174. The first-order chi connectivity index (χ1) is 10.2. The Morgan fingerprint density at radius 2 is 1.57 bits per heavy atom. The topological polar surface area (TPSA) is 42.0 Å². The fourth-order valence-electron chi connectivity index (χ4n) is 3.15. The van der Waals surface area contributed by atoms with Crippen LogP contribution >= 0.6 is 0 Å². The Bertz CT molecular complexity index is 539. The molecule has 0 saturated carbocycles. The largest absolute Gasteiger partial charge is 0.493 e. The second kappa shape index (κ2) is 5.84. The van der Waals surface area contributed by atoms with Crippen LogP contribution in [-0.2, 0) is 13.0 Å². The maximum absolute atomic E-state index is 12.5. The number of carbonyl (C=O) groups excluding carboxylic acids is 1. The number of rotatable bonds is 2. The van der Waals surface area contributed by atoms with Crippen LogP contribution in [-0.4, -0.2) is 49.7 Å². The first-order valence-corrected chi connectivity index (χ1v) is 7.50. The molecule has 3 rings (SSSR count). The van der Waals surface area contributed by atoms with Gasteiger partial charge in [0.15, 0.2) is 11.5 Å². The third-order valence-electron chi connectivity index (χ3n) is 4.37. The zero-order valence-electron chi connectivity index (χ0n) is 12.7.